The zero-order chi connectivity index (χ0) is 21.8. The van der Waals surface area contributed by atoms with Gasteiger partial charge < -0.3 is 19.1 Å². The molecule has 1 saturated heterocycles. The van der Waals surface area contributed by atoms with Crippen molar-refractivity contribution < 1.29 is 22.4 Å². The van der Waals surface area contributed by atoms with Crippen LogP contribution in [0, 0.1) is 0 Å². The van der Waals surface area contributed by atoms with Crippen LogP contribution in [0.1, 0.15) is 43.8 Å². The zero-order valence-corrected chi connectivity index (χ0v) is 17.0. The van der Waals surface area contributed by atoms with Gasteiger partial charge in [0.25, 0.3) is 5.56 Å². The minimum absolute atomic E-state index is 0.0269. The third kappa shape index (κ3) is 3.88. The summed E-state index contributed by atoms with van der Waals surface area (Å²) in [5.41, 5.74) is -0.381. The first-order valence-electron chi connectivity index (χ1n) is 10.4. The Kier molecular flexibility index (Phi) is 4.91. The van der Waals surface area contributed by atoms with Crippen LogP contribution in [-0.4, -0.2) is 57.7 Å². The molecule has 0 amide bonds. The van der Waals surface area contributed by atoms with Gasteiger partial charge in [-0.1, -0.05) is 5.16 Å². The molecule has 2 unspecified atom stereocenters. The molecule has 1 saturated carbocycles. The van der Waals surface area contributed by atoms with Crippen LogP contribution in [-0.2, 0) is 17.8 Å². The fraction of sp³-hybridized carbons (Fsp3) is 0.684. The van der Waals surface area contributed by atoms with Crippen molar-refractivity contribution in [2.24, 2.45) is 0 Å². The maximum absolute atomic E-state index is 13.9. The fourth-order valence-electron chi connectivity index (χ4n) is 4.18. The minimum Gasteiger partial charge on any atom is -0.377 e. The van der Waals surface area contributed by atoms with Gasteiger partial charge in [0.05, 0.1) is 19.3 Å². The molecule has 31 heavy (non-hydrogen) atoms. The van der Waals surface area contributed by atoms with Gasteiger partial charge in [-0.2, -0.15) is 23.1 Å². The van der Waals surface area contributed by atoms with Crippen LogP contribution in [0.4, 0.5) is 24.9 Å². The molecule has 0 bridgehead atoms. The molecule has 12 heteroatoms. The average Bonchev–Trinajstić information content (AvgIpc) is 3.47. The molecule has 5 rings (SSSR count). The first-order chi connectivity index (χ1) is 14.8. The average molecular weight is 440 g/mol. The molecule has 2 fully saturated rings. The topological polar surface area (TPSA) is 89.5 Å². The second-order valence-electron chi connectivity index (χ2n) is 8.32. The van der Waals surface area contributed by atoms with E-state index in [1.165, 1.54) is 10.6 Å². The van der Waals surface area contributed by atoms with Crippen LogP contribution in [0.15, 0.2) is 15.4 Å². The van der Waals surface area contributed by atoms with Crippen molar-refractivity contribution in [3.8, 4) is 0 Å². The lowest BCUT2D eigenvalue weighted by Gasteiger charge is -2.39. The Morgan fingerprint density at radius 3 is 2.71 bits per heavy atom. The lowest BCUT2D eigenvalue weighted by molar-refractivity contribution is -0.153. The summed E-state index contributed by atoms with van der Waals surface area (Å²) in [5.74, 6) is 1.16. The maximum Gasteiger partial charge on any atom is 0.408 e. The third-order valence-electron chi connectivity index (χ3n) is 6.01. The monoisotopic (exact) mass is 440 g/mol. The quantitative estimate of drug-likeness (QED) is 0.714. The summed E-state index contributed by atoms with van der Waals surface area (Å²) in [5, 5.41) is 3.90. The van der Waals surface area contributed by atoms with E-state index >= 15 is 0 Å². The lowest BCUT2D eigenvalue weighted by atomic mass is 10.1. The standard InChI is InChI=1S/C19H23F3N6O3/c1-11-10-30-7-6-26(11)14-8-16(29)27-5-4-13(19(20,21)22)28(18(27)23-14)9-15-24-17(25-31-15)12-2-3-12/h8,11-13H,2-7,9-10H2,1H3. The van der Waals surface area contributed by atoms with E-state index in [2.05, 4.69) is 15.1 Å². The van der Waals surface area contributed by atoms with E-state index in [-0.39, 0.29) is 48.9 Å². The van der Waals surface area contributed by atoms with Crippen molar-refractivity contribution in [3.63, 3.8) is 0 Å². The molecule has 4 heterocycles. The van der Waals surface area contributed by atoms with Crippen LogP contribution >= 0.6 is 0 Å². The molecule has 3 aliphatic rings. The summed E-state index contributed by atoms with van der Waals surface area (Å²) in [6.07, 6.45) is -2.84. The number of hydrogen-bond acceptors (Lipinski definition) is 8. The molecule has 0 N–H and O–H groups in total. The Bertz CT molecular complexity index is 1020. The summed E-state index contributed by atoms with van der Waals surface area (Å²) in [4.78, 5) is 24.5. The van der Waals surface area contributed by atoms with E-state index in [1.807, 2.05) is 11.8 Å². The summed E-state index contributed by atoms with van der Waals surface area (Å²) >= 11 is 0. The fourth-order valence-corrected chi connectivity index (χ4v) is 4.18. The third-order valence-corrected chi connectivity index (χ3v) is 6.01. The highest BCUT2D eigenvalue weighted by Crippen LogP contribution is 2.39. The number of halogens is 3. The molecule has 168 valence electrons. The molecule has 0 spiro atoms. The van der Waals surface area contributed by atoms with Crippen molar-refractivity contribution in [3.05, 3.63) is 28.1 Å². The van der Waals surface area contributed by atoms with Gasteiger partial charge >= 0.3 is 6.18 Å². The molecular formula is C19H23F3N6O3. The molecule has 2 aromatic rings. The van der Waals surface area contributed by atoms with Crippen molar-refractivity contribution in [1.29, 1.82) is 0 Å². The van der Waals surface area contributed by atoms with E-state index in [9.17, 15) is 18.0 Å². The highest BCUT2D eigenvalue weighted by Gasteiger charge is 2.47. The first-order valence-corrected chi connectivity index (χ1v) is 10.4. The Morgan fingerprint density at radius 2 is 2.00 bits per heavy atom. The Balaban J connectivity index is 1.54. The number of aromatic nitrogens is 4. The summed E-state index contributed by atoms with van der Waals surface area (Å²) < 4.78 is 53.6. The maximum atomic E-state index is 13.9. The highest BCUT2D eigenvalue weighted by atomic mass is 19.4. The van der Waals surface area contributed by atoms with E-state index in [0.717, 1.165) is 17.7 Å². The van der Waals surface area contributed by atoms with E-state index in [0.29, 0.717) is 31.4 Å². The Morgan fingerprint density at radius 1 is 1.19 bits per heavy atom. The summed E-state index contributed by atoms with van der Waals surface area (Å²) in [6, 6.07) is -0.459. The van der Waals surface area contributed by atoms with Gasteiger partial charge in [-0.25, -0.2) is 0 Å². The molecule has 0 aromatic carbocycles. The Hall–Kier alpha value is -2.63. The normalized spacial score (nSPS) is 24.4. The second kappa shape index (κ2) is 7.50. The number of ether oxygens (including phenoxy) is 1. The number of hydrogen-bond donors (Lipinski definition) is 0. The molecule has 2 aromatic heterocycles. The van der Waals surface area contributed by atoms with Crippen LogP contribution in [0.2, 0.25) is 0 Å². The minimum atomic E-state index is -4.50. The number of nitrogens with zero attached hydrogens (tertiary/aromatic N) is 6. The van der Waals surface area contributed by atoms with Gasteiger partial charge in [-0.3, -0.25) is 9.36 Å². The van der Waals surface area contributed by atoms with Crippen molar-refractivity contribution in [2.45, 2.75) is 63.5 Å². The number of alkyl halides is 3. The number of morpholine rings is 1. The Labute approximate surface area is 175 Å². The van der Waals surface area contributed by atoms with Crippen LogP contribution in [0.3, 0.4) is 0 Å². The molecular weight excluding hydrogens is 417 g/mol. The molecule has 2 aliphatic heterocycles. The van der Waals surface area contributed by atoms with E-state index in [4.69, 9.17) is 9.26 Å². The SMILES string of the molecule is CC1COCCN1c1cc(=O)n2c(n1)N(Cc1nc(C3CC3)no1)C(C(F)(F)F)CC2. The van der Waals surface area contributed by atoms with Gasteiger partial charge in [-0.05, 0) is 26.2 Å². The predicted molar refractivity (Wildman–Crippen MR) is 103 cm³/mol. The van der Waals surface area contributed by atoms with Crippen molar-refractivity contribution in [2.75, 3.05) is 29.6 Å². The first kappa shape index (κ1) is 20.3. The van der Waals surface area contributed by atoms with Gasteiger partial charge in [0.15, 0.2) is 5.82 Å². The largest absolute Gasteiger partial charge is 0.408 e. The molecule has 1 aliphatic carbocycles. The van der Waals surface area contributed by atoms with E-state index in [1.54, 1.807) is 0 Å². The number of rotatable bonds is 4. The molecule has 0 radical (unpaired) electrons. The number of anilines is 2. The highest BCUT2D eigenvalue weighted by molar-refractivity contribution is 5.47. The lowest BCUT2D eigenvalue weighted by Crippen LogP contribution is -2.52. The smallest absolute Gasteiger partial charge is 0.377 e. The van der Waals surface area contributed by atoms with Gasteiger partial charge in [0.2, 0.25) is 11.8 Å². The van der Waals surface area contributed by atoms with Crippen LogP contribution in [0.5, 0.6) is 0 Å². The van der Waals surface area contributed by atoms with Gasteiger partial charge in [0, 0.05) is 25.1 Å². The van der Waals surface area contributed by atoms with Crippen LogP contribution in [0.25, 0.3) is 0 Å². The second-order valence-corrected chi connectivity index (χ2v) is 8.32. The number of fused-ring (bicyclic) bond motifs is 1. The van der Waals surface area contributed by atoms with Gasteiger partial charge in [0.1, 0.15) is 18.4 Å². The molecule has 9 nitrogen and oxygen atoms in total. The zero-order valence-electron chi connectivity index (χ0n) is 17.0. The van der Waals surface area contributed by atoms with Crippen LogP contribution < -0.4 is 15.4 Å². The molecule has 2 atom stereocenters. The summed E-state index contributed by atoms with van der Waals surface area (Å²) in [6.45, 7) is 3.03. The van der Waals surface area contributed by atoms with E-state index < -0.39 is 12.2 Å². The summed E-state index contributed by atoms with van der Waals surface area (Å²) in [7, 11) is 0. The van der Waals surface area contributed by atoms with Crippen molar-refractivity contribution >= 4 is 11.8 Å². The van der Waals surface area contributed by atoms with Gasteiger partial charge in [-0.15, -0.1) is 0 Å². The van der Waals surface area contributed by atoms with Crippen molar-refractivity contribution in [1.82, 2.24) is 19.7 Å². The predicted octanol–water partition coefficient (Wildman–Crippen LogP) is 2.07.